The maximum Gasteiger partial charge on any atom is 0.328 e. The summed E-state index contributed by atoms with van der Waals surface area (Å²) >= 11 is 6.74. The Bertz CT molecular complexity index is 1830. The molecule has 47 heavy (non-hydrogen) atoms. The van der Waals surface area contributed by atoms with E-state index in [9.17, 15) is 24.3 Å². The molecule has 0 saturated carbocycles. The largest absolute Gasteiger partial charge is 0.488 e. The number of fused-ring (bicyclic) bond motifs is 1. The molecule has 0 aliphatic heterocycles. The average molecular weight is 659 g/mol. The highest BCUT2D eigenvalue weighted by Gasteiger charge is 2.28. The van der Waals surface area contributed by atoms with E-state index >= 15 is 0 Å². The molecule has 4 aromatic rings. The van der Waals surface area contributed by atoms with Gasteiger partial charge in [-0.05, 0) is 54.7 Å². The number of halogens is 2. The van der Waals surface area contributed by atoms with Crippen LogP contribution in [0.2, 0.25) is 5.02 Å². The number of carboxylic acids is 1. The smallest absolute Gasteiger partial charge is 0.328 e. The Kier molecular flexibility index (Phi) is 10.7. The van der Waals surface area contributed by atoms with Gasteiger partial charge in [0.15, 0.2) is 0 Å². The Morgan fingerprint density at radius 3 is 2.66 bits per heavy atom. The highest BCUT2D eigenvalue weighted by Crippen LogP contribution is 2.43. The van der Waals surface area contributed by atoms with Gasteiger partial charge in [-0.1, -0.05) is 48.0 Å². The third kappa shape index (κ3) is 7.86. The zero-order chi connectivity index (χ0) is 33.5. The molecular formula is C35H32ClFN4O6. The van der Waals surface area contributed by atoms with Crippen LogP contribution in [0.15, 0.2) is 73.1 Å². The number of carbonyl (C=O) groups is 2. The topological polar surface area (TPSA) is 154 Å². The number of carbonyl (C=O) groups excluding carboxylic acids is 1. The minimum atomic E-state index is -1.43. The summed E-state index contributed by atoms with van der Waals surface area (Å²) in [6.07, 6.45) is 4.03. The van der Waals surface area contributed by atoms with Crippen molar-refractivity contribution in [1.29, 1.82) is 5.26 Å². The van der Waals surface area contributed by atoms with Crippen molar-refractivity contribution in [3.63, 3.8) is 0 Å². The number of nitrogens with zero attached hydrogens (tertiary/aromatic N) is 2. The van der Waals surface area contributed by atoms with Crippen molar-refractivity contribution in [2.45, 2.75) is 51.1 Å². The molecule has 5 rings (SSSR count). The Morgan fingerprint density at radius 1 is 1.13 bits per heavy atom. The lowest BCUT2D eigenvalue weighted by molar-refractivity contribution is -0.143. The first-order chi connectivity index (χ1) is 22.7. The molecule has 0 fully saturated rings. The first-order valence-corrected chi connectivity index (χ1v) is 15.3. The van der Waals surface area contributed by atoms with Crippen molar-refractivity contribution in [2.24, 2.45) is 0 Å². The number of aliphatic carboxylic acids is 1. The van der Waals surface area contributed by atoms with E-state index in [2.05, 4.69) is 21.7 Å². The highest BCUT2D eigenvalue weighted by atomic mass is 35.5. The van der Waals surface area contributed by atoms with Crippen LogP contribution >= 0.6 is 11.6 Å². The van der Waals surface area contributed by atoms with E-state index in [1.165, 1.54) is 12.3 Å². The molecule has 3 atom stereocenters. The minimum absolute atomic E-state index is 0.0711. The van der Waals surface area contributed by atoms with Crippen LogP contribution in [0.25, 0.3) is 11.1 Å². The first kappa shape index (κ1) is 33.3. The molecule has 4 N–H and O–H groups in total. The predicted molar refractivity (Wildman–Crippen MR) is 171 cm³/mol. The number of aliphatic hydroxyl groups is 1. The van der Waals surface area contributed by atoms with Gasteiger partial charge in [0.25, 0.3) is 0 Å². The first-order valence-electron chi connectivity index (χ1n) is 14.9. The van der Waals surface area contributed by atoms with Gasteiger partial charge >= 0.3 is 5.97 Å². The number of nitrogens with one attached hydrogen (secondary N) is 2. The number of aliphatic hydroxyl groups excluding tert-OH is 1. The van der Waals surface area contributed by atoms with E-state index in [0.717, 1.165) is 16.7 Å². The summed E-state index contributed by atoms with van der Waals surface area (Å²) < 4.78 is 27.3. The second-order valence-electron chi connectivity index (χ2n) is 11.1. The van der Waals surface area contributed by atoms with Crippen LogP contribution in [0.4, 0.5) is 4.39 Å². The fourth-order valence-electron chi connectivity index (χ4n) is 5.39. The zero-order valence-electron chi connectivity index (χ0n) is 25.4. The van der Waals surface area contributed by atoms with E-state index < -0.39 is 30.6 Å². The van der Waals surface area contributed by atoms with Gasteiger partial charge < -0.3 is 30.3 Å². The zero-order valence-corrected chi connectivity index (χ0v) is 26.1. The van der Waals surface area contributed by atoms with Gasteiger partial charge in [-0.15, -0.1) is 0 Å². The minimum Gasteiger partial charge on any atom is -0.488 e. The number of pyridine rings is 1. The number of hydrogen-bond donors (Lipinski definition) is 4. The molecule has 1 heterocycles. The molecule has 0 bridgehead atoms. The van der Waals surface area contributed by atoms with E-state index in [1.54, 1.807) is 49.5 Å². The fraction of sp³-hybridized carbons (Fsp3) is 0.257. The molecule has 0 saturated heterocycles. The van der Waals surface area contributed by atoms with E-state index in [0.29, 0.717) is 51.6 Å². The highest BCUT2D eigenvalue weighted by molar-refractivity contribution is 6.32. The fourth-order valence-corrected chi connectivity index (χ4v) is 5.62. The summed E-state index contributed by atoms with van der Waals surface area (Å²) in [7, 11) is 0. The van der Waals surface area contributed by atoms with Crippen molar-refractivity contribution in [2.75, 3.05) is 6.61 Å². The summed E-state index contributed by atoms with van der Waals surface area (Å²) in [5, 5.41) is 33.3. The third-order valence-electron chi connectivity index (χ3n) is 7.87. The van der Waals surface area contributed by atoms with Gasteiger partial charge in [0.05, 0.1) is 23.2 Å². The number of rotatable bonds is 13. The number of benzene rings is 3. The van der Waals surface area contributed by atoms with Gasteiger partial charge in [-0.25, -0.2) is 9.18 Å². The number of carboxylic acid groups (broad SMARTS) is 1. The Hall–Kier alpha value is -5.02. The molecule has 1 aliphatic rings. The maximum atomic E-state index is 14.7. The van der Waals surface area contributed by atoms with Crippen LogP contribution in [0.1, 0.15) is 47.3 Å². The number of hydrogen-bond acceptors (Lipinski definition) is 8. The molecule has 3 aromatic carbocycles. The molecule has 2 unspecified atom stereocenters. The lowest BCUT2D eigenvalue weighted by atomic mass is 9.96. The lowest BCUT2D eigenvalue weighted by Crippen LogP contribution is -2.50. The second-order valence-corrected chi connectivity index (χ2v) is 11.5. The number of nitriles is 1. The molecule has 10 nitrogen and oxygen atoms in total. The quantitative estimate of drug-likeness (QED) is 0.154. The Labute approximate surface area is 275 Å². The van der Waals surface area contributed by atoms with Crippen molar-refractivity contribution >= 4 is 23.5 Å². The van der Waals surface area contributed by atoms with Crippen molar-refractivity contribution < 1.29 is 33.7 Å². The standard InChI is InChI=1S/C35H32ClFN4O6/c1-20(34(43)41-30(18-42)35(44)45)40-17-23-12-28(36)33(13-32(23)46-19-22-11-21(14-38)15-39-16-22)47-31-10-9-25-24(6-4-7-27(25)31)26-5-2-3-8-29(26)37/h2-8,11-13,15-16,20,30-31,40,42H,9-10,17-19H2,1H3,(H,41,43)(H,44,45)/t20?,30?,31-/m0/s1. The summed E-state index contributed by atoms with van der Waals surface area (Å²) in [6.45, 7) is 0.981. The van der Waals surface area contributed by atoms with Gasteiger partial charge in [0, 0.05) is 41.7 Å². The molecule has 12 heteroatoms. The monoisotopic (exact) mass is 658 g/mol. The second kappa shape index (κ2) is 15.0. The number of aromatic nitrogens is 1. The van der Waals surface area contributed by atoms with Gasteiger partial charge in [0.2, 0.25) is 5.91 Å². The van der Waals surface area contributed by atoms with E-state index in [4.69, 9.17) is 26.2 Å². The summed E-state index contributed by atoms with van der Waals surface area (Å²) in [4.78, 5) is 27.9. The average Bonchev–Trinajstić information content (AvgIpc) is 3.49. The Balaban J connectivity index is 1.39. The van der Waals surface area contributed by atoms with Crippen LogP contribution in [0, 0.1) is 17.1 Å². The SMILES string of the molecule is CC(NCc1cc(Cl)c(O[C@H]2CCc3c(-c4ccccc4F)cccc32)cc1OCc1cncc(C#N)c1)C(=O)NC(CO)C(=O)O. The van der Waals surface area contributed by atoms with Crippen LogP contribution in [0.3, 0.4) is 0 Å². The molecule has 0 radical (unpaired) electrons. The Morgan fingerprint density at radius 2 is 1.91 bits per heavy atom. The normalized spacial score (nSPS) is 14.8. The predicted octanol–water partition coefficient (Wildman–Crippen LogP) is 5.10. The van der Waals surface area contributed by atoms with E-state index in [1.807, 2.05) is 18.2 Å². The summed E-state index contributed by atoms with van der Waals surface area (Å²) in [6, 6.07) is 17.2. The molecule has 242 valence electrons. The summed E-state index contributed by atoms with van der Waals surface area (Å²) in [5.41, 5.74) is 4.92. The van der Waals surface area contributed by atoms with Crippen LogP contribution in [0.5, 0.6) is 11.5 Å². The van der Waals surface area contributed by atoms with Crippen molar-refractivity contribution in [1.82, 2.24) is 15.6 Å². The van der Waals surface area contributed by atoms with Crippen molar-refractivity contribution in [3.8, 4) is 28.7 Å². The van der Waals surface area contributed by atoms with Crippen LogP contribution in [-0.2, 0) is 29.2 Å². The molecular weight excluding hydrogens is 627 g/mol. The van der Waals surface area contributed by atoms with E-state index in [-0.39, 0.29) is 25.1 Å². The third-order valence-corrected chi connectivity index (χ3v) is 8.17. The van der Waals surface area contributed by atoms with Crippen LogP contribution < -0.4 is 20.1 Å². The lowest BCUT2D eigenvalue weighted by Gasteiger charge is -2.21. The molecule has 1 amide bonds. The molecule has 0 spiro atoms. The van der Waals surface area contributed by atoms with Gasteiger partial charge in [-0.2, -0.15) is 5.26 Å². The molecule has 1 aliphatic carbocycles. The van der Waals surface area contributed by atoms with Crippen LogP contribution in [-0.4, -0.2) is 45.8 Å². The molecule has 1 aromatic heterocycles. The summed E-state index contributed by atoms with van der Waals surface area (Å²) in [5.74, 6) is -1.51. The van der Waals surface area contributed by atoms with Gasteiger partial charge in [-0.3, -0.25) is 9.78 Å². The number of amides is 1. The van der Waals surface area contributed by atoms with Crippen molar-refractivity contribution in [3.05, 3.63) is 112 Å². The maximum absolute atomic E-state index is 14.7. The van der Waals surface area contributed by atoms with Gasteiger partial charge in [0.1, 0.15) is 42.1 Å². The number of ether oxygens (including phenoxy) is 2.